The molecule has 1 aliphatic carbocycles. The first-order valence-corrected chi connectivity index (χ1v) is 9.13. The highest BCUT2D eigenvalue weighted by atomic mass is 32.1. The summed E-state index contributed by atoms with van der Waals surface area (Å²) in [4.78, 5) is 36.6. The summed E-state index contributed by atoms with van der Waals surface area (Å²) in [5, 5.41) is 15.1. The average molecular weight is 360 g/mol. The molecule has 0 atom stereocenters. The smallest absolute Gasteiger partial charge is 0.322 e. The maximum atomic E-state index is 12.7. The number of hydrogen-bond acceptors (Lipinski definition) is 4. The third-order valence-electron chi connectivity index (χ3n) is 4.54. The van der Waals surface area contributed by atoms with Crippen LogP contribution in [0.25, 0.3) is 10.1 Å². The van der Waals surface area contributed by atoms with E-state index in [0.29, 0.717) is 17.7 Å². The number of aliphatic carboxylic acids is 1. The lowest BCUT2D eigenvalue weighted by atomic mass is 9.80. The van der Waals surface area contributed by atoms with Crippen LogP contribution in [0.2, 0.25) is 0 Å². The number of nitrogens with one attached hydrogen (secondary N) is 2. The van der Waals surface area contributed by atoms with Crippen LogP contribution in [0.1, 0.15) is 41.8 Å². The van der Waals surface area contributed by atoms with Gasteiger partial charge in [0.2, 0.25) is 5.91 Å². The molecule has 1 fully saturated rings. The highest BCUT2D eigenvalue weighted by Gasteiger charge is 2.41. The number of carbonyl (C=O) groups is 3. The molecule has 3 rings (SSSR count). The van der Waals surface area contributed by atoms with Crippen LogP contribution in [0.5, 0.6) is 0 Å². The first-order valence-electron chi connectivity index (χ1n) is 8.31. The predicted octanol–water partition coefficient (Wildman–Crippen LogP) is 2.53. The summed E-state index contributed by atoms with van der Waals surface area (Å²) >= 11 is 1.38. The second-order valence-electron chi connectivity index (χ2n) is 6.32. The summed E-state index contributed by atoms with van der Waals surface area (Å²) in [6.45, 7) is -0.445. The minimum atomic E-state index is -1.10. The number of fused-ring (bicyclic) bond motifs is 1. The lowest BCUT2D eigenvalue weighted by Gasteiger charge is -2.36. The van der Waals surface area contributed by atoms with Gasteiger partial charge in [-0.15, -0.1) is 11.3 Å². The molecule has 1 saturated carbocycles. The highest BCUT2D eigenvalue weighted by Crippen LogP contribution is 2.30. The molecule has 0 saturated heterocycles. The molecule has 1 aromatic heterocycles. The Hall–Kier alpha value is -2.41. The highest BCUT2D eigenvalue weighted by molar-refractivity contribution is 7.20. The molecule has 1 heterocycles. The van der Waals surface area contributed by atoms with E-state index in [-0.39, 0.29) is 5.91 Å². The van der Waals surface area contributed by atoms with Crippen LogP contribution in [0.4, 0.5) is 0 Å². The zero-order valence-corrected chi connectivity index (χ0v) is 14.5. The van der Waals surface area contributed by atoms with Crippen molar-refractivity contribution in [2.45, 2.75) is 37.6 Å². The number of benzene rings is 1. The predicted molar refractivity (Wildman–Crippen MR) is 95.8 cm³/mol. The molecule has 2 amide bonds. The van der Waals surface area contributed by atoms with Crippen LogP contribution in [0.15, 0.2) is 30.3 Å². The molecule has 7 heteroatoms. The maximum absolute atomic E-state index is 12.7. The fourth-order valence-corrected chi connectivity index (χ4v) is 4.22. The normalized spacial score (nSPS) is 16.3. The molecule has 1 aromatic carbocycles. The van der Waals surface area contributed by atoms with Crippen LogP contribution in [-0.4, -0.2) is 35.0 Å². The molecule has 0 spiro atoms. The van der Waals surface area contributed by atoms with E-state index in [2.05, 4.69) is 10.6 Å². The SMILES string of the molecule is O=C(O)CNC(=O)C1(NC(=O)c2cc3ccccc3s2)CCCCC1. The Morgan fingerprint density at radius 3 is 2.52 bits per heavy atom. The van der Waals surface area contributed by atoms with Gasteiger partial charge in [-0.25, -0.2) is 0 Å². The molecule has 0 aliphatic heterocycles. The third-order valence-corrected chi connectivity index (χ3v) is 5.66. The van der Waals surface area contributed by atoms with Crippen molar-refractivity contribution < 1.29 is 19.5 Å². The Morgan fingerprint density at radius 1 is 1.12 bits per heavy atom. The van der Waals surface area contributed by atoms with E-state index in [4.69, 9.17) is 5.11 Å². The van der Waals surface area contributed by atoms with Crippen LogP contribution in [-0.2, 0) is 9.59 Å². The lowest BCUT2D eigenvalue weighted by Crippen LogP contribution is -2.60. The van der Waals surface area contributed by atoms with Gasteiger partial charge in [0.15, 0.2) is 0 Å². The molecule has 0 unspecified atom stereocenters. The first kappa shape index (κ1) is 17.4. The van der Waals surface area contributed by atoms with Crippen molar-refractivity contribution in [1.29, 1.82) is 0 Å². The van der Waals surface area contributed by atoms with Gasteiger partial charge in [0.1, 0.15) is 12.1 Å². The van der Waals surface area contributed by atoms with Crippen molar-refractivity contribution >= 4 is 39.2 Å². The van der Waals surface area contributed by atoms with Crippen molar-refractivity contribution in [3.05, 3.63) is 35.2 Å². The average Bonchev–Trinajstić information content (AvgIpc) is 3.04. The van der Waals surface area contributed by atoms with E-state index >= 15 is 0 Å². The lowest BCUT2D eigenvalue weighted by molar-refractivity contribution is -0.139. The Bertz CT molecular complexity index is 775. The van der Waals surface area contributed by atoms with Crippen molar-refractivity contribution in [2.75, 3.05) is 6.54 Å². The molecule has 0 bridgehead atoms. The number of carboxylic acids is 1. The molecule has 3 N–H and O–H groups in total. The van der Waals surface area contributed by atoms with Crippen molar-refractivity contribution in [2.24, 2.45) is 0 Å². The summed E-state index contributed by atoms with van der Waals surface area (Å²) in [6.07, 6.45) is 3.71. The number of carboxylic acid groups (broad SMARTS) is 1. The number of amides is 2. The van der Waals surface area contributed by atoms with Crippen LogP contribution in [0, 0.1) is 0 Å². The van der Waals surface area contributed by atoms with E-state index in [1.54, 1.807) is 0 Å². The minimum Gasteiger partial charge on any atom is -0.480 e. The molecule has 0 radical (unpaired) electrons. The Kier molecular flexibility index (Phi) is 5.03. The van der Waals surface area contributed by atoms with Gasteiger partial charge >= 0.3 is 5.97 Å². The summed E-state index contributed by atoms with van der Waals surface area (Å²) in [5.41, 5.74) is -1.03. The van der Waals surface area contributed by atoms with Crippen LogP contribution < -0.4 is 10.6 Å². The van der Waals surface area contributed by atoms with Crippen molar-refractivity contribution in [3.8, 4) is 0 Å². The number of carbonyl (C=O) groups excluding carboxylic acids is 2. The van der Waals surface area contributed by atoms with E-state index in [1.807, 2.05) is 30.3 Å². The number of rotatable bonds is 5. The first-order chi connectivity index (χ1) is 12.0. The Morgan fingerprint density at radius 2 is 1.84 bits per heavy atom. The van der Waals surface area contributed by atoms with E-state index in [9.17, 15) is 14.4 Å². The van der Waals surface area contributed by atoms with Crippen molar-refractivity contribution in [1.82, 2.24) is 10.6 Å². The molecule has 6 nitrogen and oxygen atoms in total. The van der Waals surface area contributed by atoms with Gasteiger partial charge in [-0.1, -0.05) is 37.5 Å². The van der Waals surface area contributed by atoms with Gasteiger partial charge in [-0.3, -0.25) is 14.4 Å². The Labute approximate surface area is 149 Å². The fourth-order valence-electron chi connectivity index (χ4n) is 3.26. The fraction of sp³-hybridized carbons (Fsp3) is 0.389. The van der Waals surface area contributed by atoms with Gasteiger partial charge in [0, 0.05) is 4.70 Å². The molecule has 132 valence electrons. The van der Waals surface area contributed by atoms with E-state index in [0.717, 1.165) is 29.3 Å². The van der Waals surface area contributed by atoms with Gasteiger partial charge < -0.3 is 15.7 Å². The van der Waals surface area contributed by atoms with Gasteiger partial charge in [-0.2, -0.15) is 0 Å². The third kappa shape index (κ3) is 3.82. The standard InChI is InChI=1S/C18H20N2O4S/c21-15(22)11-19-17(24)18(8-4-1-5-9-18)20-16(23)14-10-12-6-2-3-7-13(12)25-14/h2-3,6-7,10H,1,4-5,8-9,11H2,(H,19,24)(H,20,23)(H,21,22). The van der Waals surface area contributed by atoms with E-state index in [1.165, 1.54) is 11.3 Å². The topological polar surface area (TPSA) is 95.5 Å². The summed E-state index contributed by atoms with van der Waals surface area (Å²) < 4.78 is 1.01. The molecular formula is C18H20N2O4S. The van der Waals surface area contributed by atoms with Gasteiger partial charge in [0.05, 0.1) is 4.88 Å². The number of hydrogen-bond donors (Lipinski definition) is 3. The summed E-state index contributed by atoms with van der Waals surface area (Å²) in [5.74, 6) is -1.80. The number of thiophene rings is 1. The van der Waals surface area contributed by atoms with Crippen LogP contribution >= 0.6 is 11.3 Å². The quantitative estimate of drug-likeness (QED) is 0.763. The minimum absolute atomic E-state index is 0.284. The second-order valence-corrected chi connectivity index (χ2v) is 7.41. The molecular weight excluding hydrogens is 340 g/mol. The van der Waals surface area contributed by atoms with Crippen LogP contribution in [0.3, 0.4) is 0 Å². The molecule has 1 aliphatic rings. The second kappa shape index (κ2) is 7.23. The maximum Gasteiger partial charge on any atom is 0.322 e. The van der Waals surface area contributed by atoms with E-state index < -0.39 is 24.0 Å². The zero-order valence-electron chi connectivity index (χ0n) is 13.7. The largest absolute Gasteiger partial charge is 0.480 e. The molecule has 25 heavy (non-hydrogen) atoms. The van der Waals surface area contributed by atoms with Crippen molar-refractivity contribution in [3.63, 3.8) is 0 Å². The summed E-state index contributed by atoms with van der Waals surface area (Å²) in [6, 6.07) is 9.55. The van der Waals surface area contributed by atoms with Gasteiger partial charge in [-0.05, 0) is 30.4 Å². The summed E-state index contributed by atoms with van der Waals surface area (Å²) in [7, 11) is 0. The zero-order chi connectivity index (χ0) is 17.9. The molecule has 2 aromatic rings. The monoisotopic (exact) mass is 360 g/mol. The van der Waals surface area contributed by atoms with Gasteiger partial charge in [0.25, 0.3) is 5.91 Å². The Balaban J connectivity index is 1.80.